The maximum atomic E-state index is 13.1. The Balaban J connectivity index is 0.886. The molecule has 11 heteroatoms. The van der Waals surface area contributed by atoms with E-state index in [4.69, 9.17) is 4.98 Å². The van der Waals surface area contributed by atoms with Gasteiger partial charge in [0.1, 0.15) is 6.04 Å². The number of imide groups is 2. The zero-order valence-electron chi connectivity index (χ0n) is 22.6. The van der Waals surface area contributed by atoms with Crippen LogP contribution in [0.25, 0.3) is 22.3 Å². The number of para-hydroxylation sites is 2. The summed E-state index contributed by atoms with van der Waals surface area (Å²) in [5.41, 5.74) is 5.17. The Hall–Kier alpha value is -4.93. The molecule has 1 spiro atoms. The van der Waals surface area contributed by atoms with E-state index in [1.54, 1.807) is 18.3 Å². The molecule has 1 atom stereocenters. The molecule has 4 aromatic rings. The molecule has 1 unspecified atom stereocenters. The van der Waals surface area contributed by atoms with Gasteiger partial charge in [0.05, 0.1) is 46.3 Å². The first-order chi connectivity index (χ1) is 20.4. The molecule has 210 valence electrons. The van der Waals surface area contributed by atoms with Crippen LogP contribution in [0, 0.1) is 5.41 Å². The van der Waals surface area contributed by atoms with E-state index >= 15 is 0 Å². The van der Waals surface area contributed by atoms with Crippen LogP contribution in [0.2, 0.25) is 0 Å². The Morgan fingerprint density at radius 2 is 1.69 bits per heavy atom. The summed E-state index contributed by atoms with van der Waals surface area (Å²) in [7, 11) is 0. The molecule has 3 fully saturated rings. The van der Waals surface area contributed by atoms with Crippen molar-refractivity contribution >= 4 is 40.3 Å². The Labute approximate surface area is 240 Å². The largest absolute Gasteiger partial charge is 0.382 e. The van der Waals surface area contributed by atoms with E-state index in [1.807, 2.05) is 36.5 Å². The summed E-state index contributed by atoms with van der Waals surface area (Å²) < 4.78 is 2.05. The fourth-order valence-corrected chi connectivity index (χ4v) is 7.11. The van der Waals surface area contributed by atoms with Crippen molar-refractivity contribution in [3.8, 4) is 11.3 Å². The summed E-state index contributed by atoms with van der Waals surface area (Å²) in [6, 6.07) is 12.7. The van der Waals surface area contributed by atoms with E-state index in [-0.39, 0.29) is 35.9 Å². The first kappa shape index (κ1) is 24.8. The van der Waals surface area contributed by atoms with E-state index in [2.05, 4.69) is 31.6 Å². The number of nitrogens with zero attached hydrogens (tertiary/aromatic N) is 5. The van der Waals surface area contributed by atoms with Gasteiger partial charge in [-0.15, -0.1) is 0 Å². The lowest BCUT2D eigenvalue weighted by Gasteiger charge is -2.57. The maximum Gasteiger partial charge on any atom is 0.262 e. The third-order valence-electron chi connectivity index (χ3n) is 9.23. The molecule has 42 heavy (non-hydrogen) atoms. The molecule has 8 rings (SSSR count). The van der Waals surface area contributed by atoms with E-state index in [1.165, 1.54) is 0 Å². The number of piperidine rings is 1. The van der Waals surface area contributed by atoms with Crippen molar-refractivity contribution < 1.29 is 19.2 Å². The highest BCUT2D eigenvalue weighted by Crippen LogP contribution is 2.60. The van der Waals surface area contributed by atoms with Crippen LogP contribution in [0.4, 0.5) is 5.69 Å². The third-order valence-corrected chi connectivity index (χ3v) is 9.23. The molecule has 2 N–H and O–H groups in total. The van der Waals surface area contributed by atoms with Gasteiger partial charge in [-0.3, -0.25) is 39.1 Å². The van der Waals surface area contributed by atoms with Gasteiger partial charge < -0.3 is 5.32 Å². The normalized spacial score (nSPS) is 26.7. The topological polar surface area (TPSA) is 139 Å². The van der Waals surface area contributed by atoms with E-state index in [0.29, 0.717) is 11.5 Å². The summed E-state index contributed by atoms with van der Waals surface area (Å²) in [6.45, 7) is 0. The van der Waals surface area contributed by atoms with Gasteiger partial charge in [0.25, 0.3) is 11.8 Å². The monoisotopic (exact) mass is 561 g/mol. The molecule has 4 heterocycles. The number of rotatable bonds is 5. The van der Waals surface area contributed by atoms with Crippen LogP contribution in [0.5, 0.6) is 0 Å². The Bertz CT molecular complexity index is 1820. The van der Waals surface area contributed by atoms with Gasteiger partial charge >= 0.3 is 0 Å². The summed E-state index contributed by atoms with van der Waals surface area (Å²) in [5.74, 6) is -1.98. The molecule has 2 saturated carbocycles. The fraction of sp³-hybridized carbons (Fsp3) is 0.323. The number of benzene rings is 2. The lowest BCUT2D eigenvalue weighted by Crippen LogP contribution is -2.54. The predicted octanol–water partition coefficient (Wildman–Crippen LogP) is 3.49. The first-order valence-corrected chi connectivity index (χ1v) is 14.2. The van der Waals surface area contributed by atoms with E-state index in [9.17, 15) is 19.2 Å². The highest BCUT2D eigenvalue weighted by molar-refractivity contribution is 6.23. The molecule has 2 aliphatic carbocycles. The molecule has 2 aliphatic heterocycles. The molecule has 2 aromatic carbocycles. The molecule has 2 aromatic heterocycles. The SMILES string of the molecule is O=C1CCC(N2C(=O)c3ccc(NC4CC5(C4)CC(n4cc(-c6cnc7ccccc7n6)cn4)C5)cc3C2=O)C(=O)N1. The minimum atomic E-state index is -0.962. The van der Waals surface area contributed by atoms with E-state index < -0.39 is 23.8 Å². The molecule has 11 nitrogen and oxygen atoms in total. The maximum absolute atomic E-state index is 13.1. The molecule has 1 saturated heterocycles. The highest BCUT2D eigenvalue weighted by atomic mass is 16.2. The van der Waals surface area contributed by atoms with Crippen LogP contribution >= 0.6 is 0 Å². The number of nitrogens with one attached hydrogen (secondary N) is 2. The average molecular weight is 562 g/mol. The number of carbonyl (C=O) groups is 4. The summed E-state index contributed by atoms with van der Waals surface area (Å²) in [6.07, 6.45) is 10.1. The Morgan fingerprint density at radius 3 is 2.50 bits per heavy atom. The van der Waals surface area contributed by atoms with Crippen molar-refractivity contribution in [2.24, 2.45) is 5.41 Å². The number of aromatic nitrogens is 4. The average Bonchev–Trinajstić information content (AvgIpc) is 3.52. The number of anilines is 1. The van der Waals surface area contributed by atoms with Crippen LogP contribution in [0.15, 0.2) is 61.1 Å². The molecular weight excluding hydrogens is 534 g/mol. The van der Waals surface area contributed by atoms with Gasteiger partial charge in [-0.05, 0) is 67.9 Å². The van der Waals surface area contributed by atoms with Gasteiger partial charge in [-0.2, -0.15) is 5.10 Å². The van der Waals surface area contributed by atoms with Gasteiger partial charge in [-0.1, -0.05) is 12.1 Å². The number of amides is 4. The number of fused-ring (bicyclic) bond motifs is 2. The predicted molar refractivity (Wildman–Crippen MR) is 151 cm³/mol. The summed E-state index contributed by atoms with van der Waals surface area (Å²) in [5, 5.41) is 10.4. The molecular formula is C31H27N7O4. The van der Waals surface area contributed by atoms with Crippen molar-refractivity contribution in [2.45, 2.75) is 56.7 Å². The minimum Gasteiger partial charge on any atom is -0.382 e. The molecule has 4 amide bonds. The highest BCUT2D eigenvalue weighted by Gasteiger charge is 2.54. The second kappa shape index (κ2) is 9.04. The molecule has 0 radical (unpaired) electrons. The fourth-order valence-electron chi connectivity index (χ4n) is 7.11. The zero-order chi connectivity index (χ0) is 28.6. The number of hydrogen-bond donors (Lipinski definition) is 2. The van der Waals surface area contributed by atoms with Crippen molar-refractivity contribution in [1.82, 2.24) is 30.0 Å². The smallest absolute Gasteiger partial charge is 0.262 e. The zero-order valence-corrected chi connectivity index (χ0v) is 22.6. The first-order valence-electron chi connectivity index (χ1n) is 14.2. The Kier molecular flexibility index (Phi) is 5.34. The quantitative estimate of drug-likeness (QED) is 0.353. The van der Waals surface area contributed by atoms with Crippen molar-refractivity contribution in [1.29, 1.82) is 0 Å². The summed E-state index contributed by atoms with van der Waals surface area (Å²) in [4.78, 5) is 60.2. The lowest BCUT2D eigenvalue weighted by molar-refractivity contribution is -0.136. The Morgan fingerprint density at radius 1 is 0.905 bits per heavy atom. The molecule has 0 bridgehead atoms. The van der Waals surface area contributed by atoms with Crippen molar-refractivity contribution in [3.63, 3.8) is 0 Å². The van der Waals surface area contributed by atoms with Crippen molar-refractivity contribution in [3.05, 3.63) is 72.2 Å². The van der Waals surface area contributed by atoms with Gasteiger partial charge in [0, 0.05) is 29.9 Å². The van der Waals surface area contributed by atoms with Crippen LogP contribution in [-0.2, 0) is 9.59 Å². The van der Waals surface area contributed by atoms with Crippen molar-refractivity contribution in [2.75, 3.05) is 5.32 Å². The number of carbonyl (C=O) groups excluding carboxylic acids is 4. The summed E-state index contributed by atoms with van der Waals surface area (Å²) >= 11 is 0. The standard InChI is InChI=1S/C31H27N7O4/c39-27-8-7-26(28(40)36-27)38-29(41)21-6-5-18(9-22(21)30(38)42)34-19-10-31(11-19)12-20(13-31)37-16-17(14-33-37)25-15-32-23-3-1-2-4-24(23)35-25/h1-6,9,14-16,19-20,26,34H,7-8,10-13H2,(H,36,39,40). The third kappa shape index (κ3) is 3.91. The van der Waals surface area contributed by atoms with Crippen LogP contribution in [0.1, 0.15) is 65.3 Å². The second-order valence-electron chi connectivity index (χ2n) is 12.0. The minimum absolute atomic E-state index is 0.0988. The lowest BCUT2D eigenvalue weighted by atomic mass is 9.52. The van der Waals surface area contributed by atoms with Gasteiger partial charge in [0.15, 0.2) is 0 Å². The van der Waals surface area contributed by atoms with Crippen LogP contribution < -0.4 is 10.6 Å². The van der Waals surface area contributed by atoms with Crippen LogP contribution in [-0.4, -0.2) is 60.4 Å². The number of hydrogen-bond acceptors (Lipinski definition) is 8. The van der Waals surface area contributed by atoms with E-state index in [0.717, 1.165) is 58.6 Å². The molecule has 4 aliphatic rings. The van der Waals surface area contributed by atoms with Gasteiger partial charge in [0.2, 0.25) is 11.8 Å². The van der Waals surface area contributed by atoms with Crippen LogP contribution in [0.3, 0.4) is 0 Å². The van der Waals surface area contributed by atoms with Gasteiger partial charge in [-0.25, -0.2) is 4.98 Å². The second-order valence-corrected chi connectivity index (χ2v) is 12.0.